The highest BCUT2D eigenvalue weighted by molar-refractivity contribution is 7.92. The molecule has 0 aliphatic carbocycles. The lowest BCUT2D eigenvalue weighted by Crippen LogP contribution is -2.50. The standard InChI is InChI=1S/C21H27Cl2N3O6S2/c1-5-20(26(33(4,28)29)15-6-11-18(22)19(23)14-15)21(27)24-12-13-32-16-7-9-17(10-8-16)34(30,31)25(2)3/h6-11,14,20H,5,12-13H2,1-4H3,(H,24,27)/t20-/m0/s1. The monoisotopic (exact) mass is 551 g/mol. The Balaban J connectivity index is 2.03. The Hall–Kier alpha value is -2.05. The lowest BCUT2D eigenvalue weighted by molar-refractivity contribution is -0.122. The van der Waals surface area contributed by atoms with Crippen molar-refractivity contribution in [1.82, 2.24) is 9.62 Å². The van der Waals surface area contributed by atoms with Crippen LogP contribution in [0.25, 0.3) is 0 Å². The fourth-order valence-corrected chi connectivity index (χ4v) is 5.46. The zero-order valence-electron chi connectivity index (χ0n) is 19.2. The minimum Gasteiger partial charge on any atom is -0.492 e. The number of rotatable bonds is 11. The Labute approximate surface area is 210 Å². The maximum absolute atomic E-state index is 12.8. The first-order chi connectivity index (χ1) is 15.8. The minimum absolute atomic E-state index is 0.0909. The van der Waals surface area contributed by atoms with E-state index in [-0.39, 0.29) is 40.2 Å². The lowest BCUT2D eigenvalue weighted by Gasteiger charge is -2.30. The smallest absolute Gasteiger partial charge is 0.244 e. The molecular formula is C21H27Cl2N3O6S2. The fourth-order valence-electron chi connectivity index (χ4n) is 3.06. The molecule has 2 rings (SSSR count). The molecule has 0 fully saturated rings. The van der Waals surface area contributed by atoms with E-state index < -0.39 is 32.0 Å². The molecule has 2 aromatic rings. The average molecular weight is 553 g/mol. The van der Waals surface area contributed by atoms with Crippen molar-refractivity contribution in [3.8, 4) is 5.75 Å². The van der Waals surface area contributed by atoms with E-state index in [2.05, 4.69) is 5.32 Å². The van der Waals surface area contributed by atoms with Crippen molar-refractivity contribution < 1.29 is 26.4 Å². The SMILES string of the molecule is CC[C@@H](C(=O)NCCOc1ccc(S(=O)(=O)N(C)C)cc1)N(c1ccc(Cl)c(Cl)c1)S(C)(=O)=O. The van der Waals surface area contributed by atoms with Crippen LogP contribution in [0, 0.1) is 0 Å². The van der Waals surface area contributed by atoms with Crippen LogP contribution >= 0.6 is 23.2 Å². The first-order valence-corrected chi connectivity index (χ1v) is 14.2. The van der Waals surface area contributed by atoms with E-state index in [0.29, 0.717) is 5.75 Å². The van der Waals surface area contributed by atoms with Gasteiger partial charge >= 0.3 is 0 Å². The number of sulfonamides is 2. The third-order valence-electron chi connectivity index (χ3n) is 4.76. The van der Waals surface area contributed by atoms with Gasteiger partial charge in [0.25, 0.3) is 0 Å². The molecule has 1 atom stereocenters. The molecule has 1 amide bonds. The third-order valence-corrected chi connectivity index (χ3v) is 8.51. The van der Waals surface area contributed by atoms with Gasteiger partial charge in [-0.2, -0.15) is 0 Å². The molecule has 0 bridgehead atoms. The van der Waals surface area contributed by atoms with Gasteiger partial charge in [0.2, 0.25) is 26.0 Å². The lowest BCUT2D eigenvalue weighted by atomic mass is 10.2. The van der Waals surface area contributed by atoms with Gasteiger partial charge in [0.15, 0.2) is 0 Å². The van der Waals surface area contributed by atoms with E-state index in [1.165, 1.54) is 56.6 Å². The van der Waals surface area contributed by atoms with Crippen LogP contribution in [0.15, 0.2) is 47.4 Å². The summed E-state index contributed by atoms with van der Waals surface area (Å²) in [5, 5.41) is 3.10. The van der Waals surface area contributed by atoms with Crippen LogP contribution in [-0.4, -0.2) is 66.6 Å². The van der Waals surface area contributed by atoms with Crippen LogP contribution in [0.2, 0.25) is 10.0 Å². The molecule has 0 heterocycles. The number of carbonyl (C=O) groups is 1. The summed E-state index contributed by atoms with van der Waals surface area (Å²) in [4.78, 5) is 12.9. The minimum atomic E-state index is -3.81. The van der Waals surface area contributed by atoms with Crippen molar-refractivity contribution >= 4 is 54.8 Å². The number of hydrogen-bond donors (Lipinski definition) is 1. The number of benzene rings is 2. The number of ether oxygens (including phenoxy) is 1. The highest BCUT2D eigenvalue weighted by atomic mass is 35.5. The molecule has 34 heavy (non-hydrogen) atoms. The molecule has 1 N–H and O–H groups in total. The Morgan fingerprint density at radius 3 is 2.15 bits per heavy atom. The number of carbonyl (C=O) groups excluding carboxylic acids is 1. The maximum Gasteiger partial charge on any atom is 0.244 e. The molecule has 9 nitrogen and oxygen atoms in total. The average Bonchev–Trinajstić information content (AvgIpc) is 2.76. The van der Waals surface area contributed by atoms with Crippen LogP contribution in [0.1, 0.15) is 13.3 Å². The van der Waals surface area contributed by atoms with Gasteiger partial charge in [0.1, 0.15) is 18.4 Å². The number of halogens is 2. The van der Waals surface area contributed by atoms with Gasteiger partial charge in [-0.15, -0.1) is 0 Å². The molecule has 0 aliphatic rings. The van der Waals surface area contributed by atoms with Crippen LogP contribution < -0.4 is 14.4 Å². The van der Waals surface area contributed by atoms with Crippen molar-refractivity contribution in [2.24, 2.45) is 0 Å². The molecule has 2 aromatic carbocycles. The van der Waals surface area contributed by atoms with Gasteiger partial charge in [0, 0.05) is 14.1 Å². The summed E-state index contributed by atoms with van der Waals surface area (Å²) in [6, 6.07) is 9.22. The highest BCUT2D eigenvalue weighted by Crippen LogP contribution is 2.30. The van der Waals surface area contributed by atoms with Gasteiger partial charge in [-0.3, -0.25) is 9.10 Å². The second kappa shape index (κ2) is 11.6. The van der Waals surface area contributed by atoms with E-state index in [0.717, 1.165) is 14.9 Å². The number of nitrogens with zero attached hydrogens (tertiary/aromatic N) is 2. The summed E-state index contributed by atoms with van der Waals surface area (Å²) in [7, 11) is -4.47. The first kappa shape index (κ1) is 28.2. The molecule has 0 spiro atoms. The maximum atomic E-state index is 12.8. The van der Waals surface area contributed by atoms with E-state index >= 15 is 0 Å². The molecule has 0 saturated carbocycles. The second-order valence-corrected chi connectivity index (χ2v) is 12.3. The van der Waals surface area contributed by atoms with Gasteiger partial charge in [-0.1, -0.05) is 30.1 Å². The third kappa shape index (κ3) is 6.98. The van der Waals surface area contributed by atoms with Gasteiger partial charge < -0.3 is 10.1 Å². The van der Waals surface area contributed by atoms with Crippen molar-refractivity contribution in [1.29, 1.82) is 0 Å². The molecular weight excluding hydrogens is 525 g/mol. The molecule has 0 radical (unpaired) electrons. The number of anilines is 1. The zero-order chi connectivity index (χ0) is 25.7. The molecule has 0 unspecified atom stereocenters. The number of amides is 1. The van der Waals surface area contributed by atoms with Crippen molar-refractivity contribution in [2.75, 3.05) is 37.8 Å². The van der Waals surface area contributed by atoms with Gasteiger partial charge in [-0.25, -0.2) is 21.1 Å². The van der Waals surface area contributed by atoms with Crippen LogP contribution in [-0.2, 0) is 24.8 Å². The summed E-state index contributed by atoms with van der Waals surface area (Å²) < 4.78 is 56.9. The van der Waals surface area contributed by atoms with Crippen LogP contribution in [0.4, 0.5) is 5.69 Å². The highest BCUT2D eigenvalue weighted by Gasteiger charge is 2.31. The molecule has 0 aromatic heterocycles. The Kier molecular flexibility index (Phi) is 9.61. The first-order valence-electron chi connectivity index (χ1n) is 10.2. The Morgan fingerprint density at radius 1 is 1.03 bits per heavy atom. The topological polar surface area (TPSA) is 113 Å². The molecule has 188 valence electrons. The van der Waals surface area contributed by atoms with E-state index in [9.17, 15) is 21.6 Å². The summed E-state index contributed by atoms with van der Waals surface area (Å²) in [5.74, 6) is -0.0809. The molecule has 0 saturated heterocycles. The normalized spacial score (nSPS) is 12.9. The van der Waals surface area contributed by atoms with Gasteiger partial charge in [-0.05, 0) is 48.9 Å². The Bertz CT molecular complexity index is 1220. The van der Waals surface area contributed by atoms with E-state index in [4.69, 9.17) is 27.9 Å². The summed E-state index contributed by atoms with van der Waals surface area (Å²) in [5.41, 5.74) is 0.225. The van der Waals surface area contributed by atoms with E-state index in [1.54, 1.807) is 6.92 Å². The summed E-state index contributed by atoms with van der Waals surface area (Å²) >= 11 is 12.0. The quantitative estimate of drug-likeness (QED) is 0.429. The fraction of sp³-hybridized carbons (Fsp3) is 0.381. The van der Waals surface area contributed by atoms with Gasteiger partial charge in [0.05, 0.1) is 33.4 Å². The van der Waals surface area contributed by atoms with Crippen molar-refractivity contribution in [2.45, 2.75) is 24.3 Å². The Morgan fingerprint density at radius 2 is 1.65 bits per heavy atom. The second-order valence-electron chi connectivity index (χ2n) is 7.48. The van der Waals surface area contributed by atoms with Crippen molar-refractivity contribution in [3.05, 3.63) is 52.5 Å². The summed E-state index contributed by atoms with van der Waals surface area (Å²) in [6.45, 7) is 1.89. The predicted molar refractivity (Wildman–Crippen MR) is 134 cm³/mol. The van der Waals surface area contributed by atoms with Crippen LogP contribution in [0.3, 0.4) is 0 Å². The number of nitrogens with one attached hydrogen (secondary N) is 1. The van der Waals surface area contributed by atoms with E-state index in [1.807, 2.05) is 0 Å². The van der Waals surface area contributed by atoms with Crippen LogP contribution in [0.5, 0.6) is 5.75 Å². The van der Waals surface area contributed by atoms with Crippen molar-refractivity contribution in [3.63, 3.8) is 0 Å². The molecule has 0 aliphatic heterocycles. The largest absolute Gasteiger partial charge is 0.492 e. The predicted octanol–water partition coefficient (Wildman–Crippen LogP) is 2.98. The zero-order valence-corrected chi connectivity index (χ0v) is 22.3. The molecule has 13 heteroatoms. The summed E-state index contributed by atoms with van der Waals surface area (Å²) in [6.07, 6.45) is 1.22. The number of hydrogen-bond acceptors (Lipinski definition) is 6.